The maximum Gasteiger partial charge on any atom is 0.573 e. The van der Waals surface area contributed by atoms with E-state index in [2.05, 4.69) is 16.6 Å². The van der Waals surface area contributed by atoms with Crippen LogP contribution in [0.3, 0.4) is 0 Å². The van der Waals surface area contributed by atoms with Gasteiger partial charge in [0.2, 0.25) is 0 Å². The van der Waals surface area contributed by atoms with Crippen molar-refractivity contribution in [3.63, 3.8) is 0 Å². The number of anilines is 1. The predicted molar refractivity (Wildman–Crippen MR) is 50.1 cm³/mol. The standard InChI is InChI=1S/C10H8F3NO/c1-2-3-7-4-5-8(6-9(7)14)15-10(11,12)13/h4-6H,14H2,1H3. The maximum absolute atomic E-state index is 11.8. The van der Waals surface area contributed by atoms with Crippen molar-refractivity contribution in [3.8, 4) is 17.6 Å². The van der Waals surface area contributed by atoms with Gasteiger partial charge in [-0.05, 0) is 19.1 Å². The minimum atomic E-state index is -4.70. The second-order valence-electron chi connectivity index (χ2n) is 2.67. The van der Waals surface area contributed by atoms with E-state index in [1.54, 1.807) is 6.92 Å². The number of alkyl halides is 3. The van der Waals surface area contributed by atoms with Crippen molar-refractivity contribution >= 4 is 5.69 Å². The quantitative estimate of drug-likeness (QED) is 0.577. The number of rotatable bonds is 1. The molecule has 2 nitrogen and oxygen atoms in total. The summed E-state index contributed by atoms with van der Waals surface area (Å²) in [7, 11) is 0. The van der Waals surface area contributed by atoms with Crippen molar-refractivity contribution in [2.45, 2.75) is 13.3 Å². The third kappa shape index (κ3) is 3.43. The van der Waals surface area contributed by atoms with Gasteiger partial charge in [-0.3, -0.25) is 0 Å². The molecule has 1 rings (SSSR count). The summed E-state index contributed by atoms with van der Waals surface area (Å²) in [5, 5.41) is 0. The Kier molecular flexibility index (Phi) is 3.10. The van der Waals surface area contributed by atoms with E-state index in [-0.39, 0.29) is 11.4 Å². The molecule has 0 aliphatic heterocycles. The molecule has 5 heteroatoms. The van der Waals surface area contributed by atoms with Crippen molar-refractivity contribution in [1.29, 1.82) is 0 Å². The molecule has 0 fully saturated rings. The molecular formula is C10H8F3NO. The van der Waals surface area contributed by atoms with Crippen LogP contribution in [0, 0.1) is 11.8 Å². The summed E-state index contributed by atoms with van der Waals surface area (Å²) in [6.07, 6.45) is -4.70. The Labute approximate surface area is 84.8 Å². The first kappa shape index (κ1) is 11.2. The zero-order valence-electron chi connectivity index (χ0n) is 7.85. The number of hydrogen-bond donors (Lipinski definition) is 1. The Morgan fingerprint density at radius 3 is 2.47 bits per heavy atom. The van der Waals surface area contributed by atoms with Crippen LogP contribution in [0.4, 0.5) is 18.9 Å². The summed E-state index contributed by atoms with van der Waals surface area (Å²) in [5.41, 5.74) is 6.11. The molecule has 1 aromatic carbocycles. The molecule has 0 saturated carbocycles. The summed E-state index contributed by atoms with van der Waals surface area (Å²) >= 11 is 0. The SMILES string of the molecule is CC#Cc1ccc(OC(F)(F)F)cc1N. The molecule has 0 bridgehead atoms. The first-order valence-corrected chi connectivity index (χ1v) is 4.00. The molecule has 0 heterocycles. The van der Waals surface area contributed by atoms with Gasteiger partial charge in [-0.1, -0.05) is 5.92 Å². The van der Waals surface area contributed by atoms with Crippen molar-refractivity contribution in [2.24, 2.45) is 0 Å². The van der Waals surface area contributed by atoms with Gasteiger partial charge in [-0.25, -0.2) is 0 Å². The first-order chi connectivity index (χ1) is 6.92. The second kappa shape index (κ2) is 4.13. The molecule has 0 saturated heterocycles. The van der Waals surface area contributed by atoms with Gasteiger partial charge in [-0.2, -0.15) is 0 Å². The van der Waals surface area contributed by atoms with E-state index < -0.39 is 6.36 Å². The number of nitrogen functional groups attached to an aromatic ring is 1. The van der Waals surface area contributed by atoms with Crippen LogP contribution in [-0.2, 0) is 0 Å². The lowest BCUT2D eigenvalue weighted by atomic mass is 10.2. The van der Waals surface area contributed by atoms with Crippen LogP contribution < -0.4 is 10.5 Å². The largest absolute Gasteiger partial charge is 0.573 e. The van der Waals surface area contributed by atoms with E-state index in [1.807, 2.05) is 0 Å². The van der Waals surface area contributed by atoms with Crippen molar-refractivity contribution in [3.05, 3.63) is 23.8 Å². The van der Waals surface area contributed by atoms with E-state index in [0.717, 1.165) is 6.07 Å². The second-order valence-corrected chi connectivity index (χ2v) is 2.67. The fourth-order valence-electron chi connectivity index (χ4n) is 0.986. The summed E-state index contributed by atoms with van der Waals surface area (Å²) in [5.74, 6) is 4.91. The van der Waals surface area contributed by atoms with Crippen LogP contribution in [0.5, 0.6) is 5.75 Å². The Bertz CT molecular complexity index is 415. The number of hydrogen-bond acceptors (Lipinski definition) is 2. The van der Waals surface area contributed by atoms with Gasteiger partial charge >= 0.3 is 6.36 Å². The first-order valence-electron chi connectivity index (χ1n) is 4.00. The fraction of sp³-hybridized carbons (Fsp3) is 0.200. The van der Waals surface area contributed by atoms with Gasteiger partial charge in [0.05, 0.1) is 5.69 Å². The van der Waals surface area contributed by atoms with Crippen LogP contribution in [0.1, 0.15) is 12.5 Å². The van der Waals surface area contributed by atoms with Gasteiger partial charge in [-0.15, -0.1) is 19.1 Å². The van der Waals surface area contributed by atoms with Crippen LogP contribution in [0.2, 0.25) is 0 Å². The highest BCUT2D eigenvalue weighted by Gasteiger charge is 2.31. The van der Waals surface area contributed by atoms with E-state index in [1.165, 1.54) is 12.1 Å². The molecule has 0 atom stereocenters. The van der Waals surface area contributed by atoms with E-state index in [0.29, 0.717) is 5.56 Å². The van der Waals surface area contributed by atoms with Gasteiger partial charge in [0.15, 0.2) is 0 Å². The van der Waals surface area contributed by atoms with E-state index in [9.17, 15) is 13.2 Å². The Morgan fingerprint density at radius 1 is 1.33 bits per heavy atom. The zero-order chi connectivity index (χ0) is 11.5. The minimum absolute atomic E-state index is 0.158. The summed E-state index contributed by atoms with van der Waals surface area (Å²) < 4.78 is 39.2. The van der Waals surface area contributed by atoms with Gasteiger partial charge in [0.25, 0.3) is 0 Å². The van der Waals surface area contributed by atoms with E-state index >= 15 is 0 Å². The highest BCUT2D eigenvalue weighted by molar-refractivity contribution is 5.58. The van der Waals surface area contributed by atoms with Crippen LogP contribution >= 0.6 is 0 Å². The molecule has 0 radical (unpaired) electrons. The van der Waals surface area contributed by atoms with Crippen LogP contribution in [-0.4, -0.2) is 6.36 Å². The molecule has 15 heavy (non-hydrogen) atoms. The Morgan fingerprint density at radius 2 is 2.00 bits per heavy atom. The smallest absolute Gasteiger partial charge is 0.406 e. The summed E-state index contributed by atoms with van der Waals surface area (Å²) in [6.45, 7) is 1.61. The molecule has 0 spiro atoms. The highest BCUT2D eigenvalue weighted by Crippen LogP contribution is 2.25. The number of halogens is 3. The molecule has 0 aliphatic rings. The molecule has 1 aromatic rings. The highest BCUT2D eigenvalue weighted by atomic mass is 19.4. The van der Waals surface area contributed by atoms with Gasteiger partial charge < -0.3 is 10.5 Å². The average Bonchev–Trinajstić information content (AvgIpc) is 2.07. The lowest BCUT2D eigenvalue weighted by molar-refractivity contribution is -0.274. The van der Waals surface area contributed by atoms with Gasteiger partial charge in [0.1, 0.15) is 5.75 Å². The normalized spacial score (nSPS) is 10.4. The lowest BCUT2D eigenvalue weighted by Gasteiger charge is -2.09. The van der Waals surface area contributed by atoms with E-state index in [4.69, 9.17) is 5.73 Å². The molecule has 80 valence electrons. The number of ether oxygens (including phenoxy) is 1. The molecular weight excluding hydrogens is 207 g/mol. The van der Waals surface area contributed by atoms with Gasteiger partial charge in [0, 0.05) is 11.6 Å². The Hall–Kier alpha value is -1.83. The maximum atomic E-state index is 11.8. The molecule has 0 amide bonds. The predicted octanol–water partition coefficient (Wildman–Crippen LogP) is 2.54. The lowest BCUT2D eigenvalue weighted by Crippen LogP contribution is -2.17. The number of benzene rings is 1. The van der Waals surface area contributed by atoms with Crippen molar-refractivity contribution < 1.29 is 17.9 Å². The molecule has 0 unspecified atom stereocenters. The summed E-state index contributed by atoms with van der Waals surface area (Å²) in [6, 6.07) is 3.64. The molecule has 0 aliphatic carbocycles. The third-order valence-corrected chi connectivity index (χ3v) is 1.52. The Balaban J connectivity index is 2.95. The monoisotopic (exact) mass is 215 g/mol. The van der Waals surface area contributed by atoms with Crippen molar-refractivity contribution in [1.82, 2.24) is 0 Å². The van der Waals surface area contributed by atoms with Crippen LogP contribution in [0.25, 0.3) is 0 Å². The topological polar surface area (TPSA) is 35.2 Å². The molecule has 2 N–H and O–H groups in total. The summed E-state index contributed by atoms with van der Waals surface area (Å²) in [4.78, 5) is 0. The fourth-order valence-corrected chi connectivity index (χ4v) is 0.986. The number of nitrogens with two attached hydrogens (primary N) is 1. The third-order valence-electron chi connectivity index (χ3n) is 1.52. The zero-order valence-corrected chi connectivity index (χ0v) is 7.85. The molecule has 0 aromatic heterocycles. The van der Waals surface area contributed by atoms with Crippen LogP contribution in [0.15, 0.2) is 18.2 Å². The van der Waals surface area contributed by atoms with Crippen molar-refractivity contribution in [2.75, 3.05) is 5.73 Å². The average molecular weight is 215 g/mol. The minimum Gasteiger partial charge on any atom is -0.406 e.